The summed E-state index contributed by atoms with van der Waals surface area (Å²) >= 11 is 1.41. The standard InChI is InChI=1S/C27H34FN5OS/c1-4-31(5-2)26(34)24(21-12-8-6-9-13-21)35-27-30-29-25(20(3)32-18-10-7-11-19-32)33(27)23-16-14-22(28)15-17-23/h6,8-9,12-17,20,24H,4-5,7,10-11,18-19H2,1-3H3. The number of thioether (sulfide) groups is 1. The number of likely N-dealkylation sites (N-methyl/N-ethyl adjacent to an activating group) is 1. The topological polar surface area (TPSA) is 54.3 Å². The molecule has 1 aliphatic rings. The van der Waals surface area contributed by atoms with E-state index < -0.39 is 5.25 Å². The summed E-state index contributed by atoms with van der Waals surface area (Å²) in [5, 5.41) is 9.36. The molecule has 0 aliphatic carbocycles. The Labute approximate surface area is 211 Å². The van der Waals surface area contributed by atoms with Gasteiger partial charge in [-0.25, -0.2) is 4.39 Å². The van der Waals surface area contributed by atoms with Crippen molar-refractivity contribution in [3.63, 3.8) is 0 Å². The maximum Gasteiger partial charge on any atom is 0.240 e. The number of benzene rings is 2. The summed E-state index contributed by atoms with van der Waals surface area (Å²) in [5.41, 5.74) is 1.72. The molecule has 186 valence electrons. The molecule has 4 rings (SSSR count). The first-order valence-electron chi connectivity index (χ1n) is 12.5. The Morgan fingerprint density at radius 3 is 2.29 bits per heavy atom. The van der Waals surface area contributed by atoms with Gasteiger partial charge in [0.1, 0.15) is 11.1 Å². The molecule has 0 bridgehead atoms. The van der Waals surface area contributed by atoms with Crippen molar-refractivity contribution in [2.75, 3.05) is 26.2 Å². The predicted molar refractivity (Wildman–Crippen MR) is 138 cm³/mol. The van der Waals surface area contributed by atoms with Crippen LogP contribution in [0.2, 0.25) is 0 Å². The van der Waals surface area contributed by atoms with E-state index in [9.17, 15) is 9.18 Å². The first kappa shape index (κ1) is 25.4. The van der Waals surface area contributed by atoms with Gasteiger partial charge in [-0.1, -0.05) is 48.5 Å². The molecule has 2 heterocycles. The normalized spacial score (nSPS) is 16.1. The van der Waals surface area contributed by atoms with Crippen LogP contribution < -0.4 is 0 Å². The summed E-state index contributed by atoms with van der Waals surface area (Å²) in [7, 11) is 0. The number of carbonyl (C=O) groups excluding carboxylic acids is 1. The van der Waals surface area contributed by atoms with Gasteiger partial charge in [0, 0.05) is 18.8 Å². The molecule has 2 unspecified atom stereocenters. The van der Waals surface area contributed by atoms with Crippen molar-refractivity contribution >= 4 is 17.7 Å². The van der Waals surface area contributed by atoms with Crippen molar-refractivity contribution in [2.24, 2.45) is 0 Å². The van der Waals surface area contributed by atoms with Gasteiger partial charge in [0.25, 0.3) is 0 Å². The predicted octanol–water partition coefficient (Wildman–Crippen LogP) is 5.66. The molecule has 2 atom stereocenters. The Balaban J connectivity index is 1.76. The Morgan fingerprint density at radius 1 is 1.00 bits per heavy atom. The zero-order valence-corrected chi connectivity index (χ0v) is 21.5. The Hall–Kier alpha value is -2.71. The number of nitrogens with zero attached hydrogens (tertiary/aromatic N) is 5. The SMILES string of the molecule is CCN(CC)C(=O)C(Sc1nnc(C(C)N2CCCCC2)n1-c1ccc(F)cc1)c1ccccc1. The van der Waals surface area contributed by atoms with Gasteiger partial charge in [0.2, 0.25) is 5.91 Å². The minimum Gasteiger partial charge on any atom is -0.342 e. The molecule has 0 spiro atoms. The molecule has 1 fully saturated rings. The van der Waals surface area contributed by atoms with Crippen molar-refractivity contribution in [2.45, 2.75) is 56.5 Å². The number of hydrogen-bond donors (Lipinski definition) is 0. The van der Waals surface area contributed by atoms with Gasteiger partial charge in [-0.05, 0) is 76.5 Å². The van der Waals surface area contributed by atoms with E-state index in [1.165, 1.54) is 43.2 Å². The second kappa shape index (κ2) is 11.8. The van der Waals surface area contributed by atoms with Gasteiger partial charge in [-0.15, -0.1) is 10.2 Å². The minimum atomic E-state index is -0.461. The van der Waals surface area contributed by atoms with Gasteiger partial charge < -0.3 is 4.90 Å². The third kappa shape index (κ3) is 5.76. The number of piperidine rings is 1. The highest BCUT2D eigenvalue weighted by Crippen LogP contribution is 2.38. The minimum absolute atomic E-state index is 0.0467. The second-order valence-electron chi connectivity index (χ2n) is 8.84. The zero-order chi connectivity index (χ0) is 24.8. The van der Waals surface area contributed by atoms with Crippen molar-refractivity contribution in [3.05, 3.63) is 71.8 Å². The maximum absolute atomic E-state index is 13.8. The fourth-order valence-electron chi connectivity index (χ4n) is 4.63. The van der Waals surface area contributed by atoms with Crippen LogP contribution in [-0.2, 0) is 4.79 Å². The number of carbonyl (C=O) groups is 1. The van der Waals surface area contributed by atoms with Crippen molar-refractivity contribution in [1.29, 1.82) is 0 Å². The lowest BCUT2D eigenvalue weighted by Gasteiger charge is -2.32. The summed E-state index contributed by atoms with van der Waals surface area (Å²) in [5.74, 6) is 0.564. The van der Waals surface area contributed by atoms with Crippen LogP contribution in [0.25, 0.3) is 5.69 Å². The molecule has 1 aliphatic heterocycles. The van der Waals surface area contributed by atoms with Crippen LogP contribution in [0.1, 0.15) is 62.7 Å². The highest BCUT2D eigenvalue weighted by atomic mass is 32.2. The van der Waals surface area contributed by atoms with E-state index in [0.717, 1.165) is 30.2 Å². The third-order valence-electron chi connectivity index (χ3n) is 6.68. The third-order valence-corrected chi connectivity index (χ3v) is 7.86. The van der Waals surface area contributed by atoms with Crippen molar-refractivity contribution < 1.29 is 9.18 Å². The van der Waals surface area contributed by atoms with Crippen LogP contribution in [0.15, 0.2) is 59.8 Å². The highest BCUT2D eigenvalue weighted by molar-refractivity contribution is 8.00. The summed E-state index contributed by atoms with van der Waals surface area (Å²) < 4.78 is 15.8. The Kier molecular flexibility index (Phi) is 8.57. The lowest BCUT2D eigenvalue weighted by atomic mass is 10.1. The van der Waals surface area contributed by atoms with Gasteiger partial charge >= 0.3 is 0 Å². The number of hydrogen-bond acceptors (Lipinski definition) is 5. The summed E-state index contributed by atoms with van der Waals surface area (Å²) in [6, 6.07) is 16.3. The van der Waals surface area contributed by atoms with E-state index in [4.69, 9.17) is 0 Å². The molecule has 35 heavy (non-hydrogen) atoms. The van der Waals surface area contributed by atoms with E-state index in [-0.39, 0.29) is 17.8 Å². The first-order valence-corrected chi connectivity index (χ1v) is 13.4. The van der Waals surface area contributed by atoms with Gasteiger partial charge in [0.05, 0.1) is 6.04 Å². The van der Waals surface area contributed by atoms with Crippen LogP contribution >= 0.6 is 11.8 Å². The number of aromatic nitrogens is 3. The van der Waals surface area contributed by atoms with E-state index in [0.29, 0.717) is 18.2 Å². The maximum atomic E-state index is 13.8. The molecular formula is C27H34FN5OS. The van der Waals surface area contributed by atoms with Crippen LogP contribution in [0.5, 0.6) is 0 Å². The molecule has 2 aromatic carbocycles. The van der Waals surface area contributed by atoms with Crippen LogP contribution in [-0.4, -0.2) is 56.7 Å². The number of rotatable bonds is 9. The first-order chi connectivity index (χ1) is 17.0. The van der Waals surface area contributed by atoms with Crippen LogP contribution in [0.3, 0.4) is 0 Å². The molecule has 0 radical (unpaired) electrons. The molecule has 1 amide bonds. The molecule has 1 aromatic heterocycles. The van der Waals surface area contributed by atoms with E-state index in [2.05, 4.69) is 22.0 Å². The molecule has 0 saturated carbocycles. The van der Waals surface area contributed by atoms with E-state index in [1.807, 2.05) is 53.6 Å². The summed E-state index contributed by atoms with van der Waals surface area (Å²) in [6.45, 7) is 9.46. The second-order valence-corrected chi connectivity index (χ2v) is 9.92. The largest absolute Gasteiger partial charge is 0.342 e. The molecule has 1 saturated heterocycles. The molecule has 8 heteroatoms. The summed E-state index contributed by atoms with van der Waals surface area (Å²) in [6.07, 6.45) is 3.59. The van der Waals surface area contributed by atoms with Gasteiger partial charge in [0.15, 0.2) is 11.0 Å². The number of likely N-dealkylation sites (tertiary alicyclic amines) is 1. The molecule has 0 N–H and O–H groups in total. The lowest BCUT2D eigenvalue weighted by molar-refractivity contribution is -0.130. The van der Waals surface area contributed by atoms with Crippen molar-refractivity contribution in [1.82, 2.24) is 24.6 Å². The monoisotopic (exact) mass is 495 g/mol. The van der Waals surface area contributed by atoms with E-state index >= 15 is 0 Å². The fraction of sp³-hybridized carbons (Fsp3) is 0.444. The molecule has 3 aromatic rings. The smallest absolute Gasteiger partial charge is 0.240 e. The summed E-state index contributed by atoms with van der Waals surface area (Å²) in [4.78, 5) is 17.9. The average Bonchev–Trinajstić information content (AvgIpc) is 3.32. The van der Waals surface area contributed by atoms with Crippen molar-refractivity contribution in [3.8, 4) is 5.69 Å². The fourth-order valence-corrected chi connectivity index (χ4v) is 5.77. The van der Waals surface area contributed by atoms with Crippen LogP contribution in [0, 0.1) is 5.82 Å². The molecule has 6 nitrogen and oxygen atoms in total. The Morgan fingerprint density at radius 2 is 1.66 bits per heavy atom. The molecular weight excluding hydrogens is 461 g/mol. The zero-order valence-electron chi connectivity index (χ0n) is 20.7. The van der Waals surface area contributed by atoms with Gasteiger partial charge in [-0.2, -0.15) is 0 Å². The van der Waals surface area contributed by atoms with Crippen LogP contribution in [0.4, 0.5) is 4.39 Å². The Bertz CT molecular complexity index is 1090. The van der Waals surface area contributed by atoms with Gasteiger partial charge in [-0.3, -0.25) is 14.3 Å². The number of amides is 1. The quantitative estimate of drug-likeness (QED) is 0.359. The van der Waals surface area contributed by atoms with E-state index in [1.54, 1.807) is 12.1 Å². The highest BCUT2D eigenvalue weighted by Gasteiger charge is 2.31. The lowest BCUT2D eigenvalue weighted by Crippen LogP contribution is -2.34. The number of halogens is 1. The average molecular weight is 496 g/mol.